The zero-order chi connectivity index (χ0) is 26.4. The van der Waals surface area contributed by atoms with E-state index < -0.39 is 13.7 Å². The second-order valence-corrected chi connectivity index (χ2v) is 17.3. The van der Waals surface area contributed by atoms with Crippen molar-refractivity contribution in [3.63, 3.8) is 0 Å². The molecule has 4 atom stereocenters. The lowest BCUT2D eigenvalue weighted by Gasteiger charge is -2.40. The first-order valence-electron chi connectivity index (χ1n) is 12.8. The van der Waals surface area contributed by atoms with E-state index in [4.69, 9.17) is 20.8 Å². The van der Waals surface area contributed by atoms with Crippen LogP contribution in [0.1, 0.15) is 83.8 Å². The molecule has 0 unspecified atom stereocenters. The summed E-state index contributed by atoms with van der Waals surface area (Å²) in [6.45, 7) is 15.3. The van der Waals surface area contributed by atoms with Crippen LogP contribution in [-0.4, -0.2) is 39.2 Å². The van der Waals surface area contributed by atoms with Crippen LogP contribution >= 0.6 is 11.6 Å². The first kappa shape index (κ1) is 29.8. The van der Waals surface area contributed by atoms with E-state index in [2.05, 4.69) is 70.3 Å². The fourth-order valence-corrected chi connectivity index (χ4v) is 6.31. The van der Waals surface area contributed by atoms with Gasteiger partial charge >= 0.3 is 5.97 Å². The van der Waals surface area contributed by atoms with Crippen LogP contribution in [0.25, 0.3) is 0 Å². The van der Waals surface area contributed by atoms with Gasteiger partial charge in [0.05, 0.1) is 13.2 Å². The van der Waals surface area contributed by atoms with Gasteiger partial charge in [-0.15, -0.1) is 11.6 Å². The van der Waals surface area contributed by atoms with Crippen LogP contribution in [0.15, 0.2) is 36.4 Å². The SMILES string of the molecule is COC(=O)CCCC=CC[C@@H]1[C@@H](c2ccc(C(C)(C)C=O)cc2)[C@H](O[Si](C)(C)C(C)(C)C)C[C@H]1Cl. The number of hydrogen-bond donors (Lipinski definition) is 0. The van der Waals surface area contributed by atoms with E-state index in [-0.39, 0.29) is 34.3 Å². The molecule has 0 amide bonds. The van der Waals surface area contributed by atoms with Crippen molar-refractivity contribution < 1.29 is 18.8 Å². The summed E-state index contributed by atoms with van der Waals surface area (Å²) < 4.78 is 11.7. The van der Waals surface area contributed by atoms with E-state index in [1.165, 1.54) is 12.7 Å². The van der Waals surface area contributed by atoms with Gasteiger partial charge in [0.1, 0.15) is 6.29 Å². The maximum Gasteiger partial charge on any atom is 0.305 e. The Morgan fingerprint density at radius 1 is 1.11 bits per heavy atom. The van der Waals surface area contributed by atoms with Crippen molar-refractivity contribution in [3.05, 3.63) is 47.5 Å². The number of halogens is 1. The summed E-state index contributed by atoms with van der Waals surface area (Å²) >= 11 is 6.98. The molecule has 0 spiro atoms. The predicted octanol–water partition coefficient (Wildman–Crippen LogP) is 7.55. The van der Waals surface area contributed by atoms with Crippen molar-refractivity contribution in [2.45, 2.75) is 108 Å². The first-order valence-corrected chi connectivity index (χ1v) is 16.2. The third-order valence-corrected chi connectivity index (χ3v) is 12.9. The molecule has 1 fully saturated rings. The number of aldehydes is 1. The van der Waals surface area contributed by atoms with Crippen LogP contribution in [0.4, 0.5) is 0 Å². The van der Waals surface area contributed by atoms with Crippen LogP contribution in [0, 0.1) is 5.92 Å². The maximum atomic E-state index is 11.5. The van der Waals surface area contributed by atoms with Gasteiger partial charge in [-0.25, -0.2) is 0 Å². The second-order valence-electron chi connectivity index (χ2n) is 12.0. The van der Waals surface area contributed by atoms with Gasteiger partial charge < -0.3 is 14.0 Å². The normalized spacial score (nSPS) is 23.6. The Hall–Kier alpha value is -1.43. The van der Waals surface area contributed by atoms with Gasteiger partial charge in [0.25, 0.3) is 0 Å². The third kappa shape index (κ3) is 7.77. The largest absolute Gasteiger partial charge is 0.469 e. The number of rotatable bonds is 11. The number of esters is 1. The number of ether oxygens (including phenoxy) is 1. The third-order valence-electron chi connectivity index (χ3n) is 7.92. The minimum atomic E-state index is -1.98. The average Bonchev–Trinajstić information content (AvgIpc) is 3.09. The quantitative estimate of drug-likeness (QED) is 0.0754. The summed E-state index contributed by atoms with van der Waals surface area (Å²) in [5.74, 6) is 0.287. The van der Waals surface area contributed by atoms with Crippen LogP contribution in [0.3, 0.4) is 0 Å². The summed E-state index contributed by atoms with van der Waals surface area (Å²) in [5, 5.41) is 0.148. The van der Waals surface area contributed by atoms with Gasteiger partial charge in [0.15, 0.2) is 8.32 Å². The zero-order valence-electron chi connectivity index (χ0n) is 22.9. The molecule has 35 heavy (non-hydrogen) atoms. The Kier molecular flexibility index (Phi) is 10.4. The minimum Gasteiger partial charge on any atom is -0.469 e. The van der Waals surface area contributed by atoms with E-state index in [0.29, 0.717) is 6.42 Å². The standard InChI is InChI=1S/C29H45ClO4Si/c1-28(2,3)35(7,8)34-25-19-24(30)23(13-11-9-10-12-14-26(32)33-6)27(25)21-15-17-22(18-16-21)29(4,5)20-31/h9,11,15-18,20,23-25,27H,10,12-14,19H2,1-8H3/t23-,24+,25+,27+/m0/s1. The van der Waals surface area contributed by atoms with Crippen molar-refractivity contribution in [2.24, 2.45) is 5.92 Å². The Bertz CT molecular complexity index is 870. The molecule has 0 aromatic heterocycles. The molecular formula is C29H45ClO4Si. The van der Waals surface area contributed by atoms with E-state index in [1.54, 1.807) is 0 Å². The molecule has 4 nitrogen and oxygen atoms in total. The number of allylic oxidation sites excluding steroid dienone is 2. The summed E-state index contributed by atoms with van der Waals surface area (Å²) in [6, 6.07) is 8.48. The zero-order valence-corrected chi connectivity index (χ0v) is 24.7. The van der Waals surface area contributed by atoms with Crippen LogP contribution in [-0.2, 0) is 24.2 Å². The number of carbonyl (C=O) groups excluding carboxylic acids is 2. The summed E-state index contributed by atoms with van der Waals surface area (Å²) in [7, 11) is -0.556. The molecule has 6 heteroatoms. The molecule has 0 radical (unpaired) electrons. The molecule has 1 aromatic rings. The maximum absolute atomic E-state index is 11.5. The van der Waals surface area contributed by atoms with Crippen molar-refractivity contribution in [2.75, 3.05) is 7.11 Å². The van der Waals surface area contributed by atoms with E-state index in [1.807, 2.05) is 13.8 Å². The van der Waals surface area contributed by atoms with Gasteiger partial charge in [0.2, 0.25) is 0 Å². The molecule has 0 N–H and O–H groups in total. The molecule has 0 bridgehead atoms. The van der Waals surface area contributed by atoms with E-state index in [9.17, 15) is 9.59 Å². The average molecular weight is 521 g/mol. The Labute approximate surface area is 218 Å². The van der Waals surface area contributed by atoms with Gasteiger partial charge in [-0.05, 0) is 74.7 Å². The van der Waals surface area contributed by atoms with Gasteiger partial charge in [-0.1, -0.05) is 57.2 Å². The first-order chi connectivity index (χ1) is 16.2. The molecule has 2 rings (SSSR count). The smallest absolute Gasteiger partial charge is 0.305 e. The number of methoxy groups -OCH3 is 1. The highest BCUT2D eigenvalue weighted by atomic mass is 35.5. The lowest BCUT2D eigenvalue weighted by atomic mass is 9.82. The molecule has 1 aliphatic carbocycles. The number of hydrogen-bond acceptors (Lipinski definition) is 4. The van der Waals surface area contributed by atoms with Gasteiger partial charge in [-0.3, -0.25) is 4.79 Å². The van der Waals surface area contributed by atoms with Crippen LogP contribution in [0.5, 0.6) is 0 Å². The van der Waals surface area contributed by atoms with Gasteiger partial charge in [-0.2, -0.15) is 0 Å². The van der Waals surface area contributed by atoms with Crippen LogP contribution < -0.4 is 0 Å². The highest BCUT2D eigenvalue weighted by Crippen LogP contribution is 2.49. The molecule has 0 heterocycles. The van der Waals surface area contributed by atoms with Crippen molar-refractivity contribution in [3.8, 4) is 0 Å². The molecule has 1 aliphatic rings. The minimum absolute atomic E-state index is 0.0283. The van der Waals surface area contributed by atoms with Crippen molar-refractivity contribution in [1.29, 1.82) is 0 Å². The molecule has 196 valence electrons. The highest BCUT2D eigenvalue weighted by Gasteiger charge is 2.48. The molecule has 0 aliphatic heterocycles. The molecular weight excluding hydrogens is 476 g/mol. The second kappa shape index (κ2) is 12.2. The van der Waals surface area contributed by atoms with E-state index in [0.717, 1.165) is 37.5 Å². The monoisotopic (exact) mass is 520 g/mol. The topological polar surface area (TPSA) is 52.6 Å². The van der Waals surface area contributed by atoms with E-state index >= 15 is 0 Å². The molecule has 0 saturated heterocycles. The lowest BCUT2D eigenvalue weighted by molar-refractivity contribution is -0.140. The number of unbranched alkanes of at least 4 members (excludes halogenated alkanes) is 1. The fraction of sp³-hybridized carbons (Fsp3) is 0.655. The molecule has 1 saturated carbocycles. The summed E-state index contributed by atoms with van der Waals surface area (Å²) in [6.07, 6.45) is 9.22. The fourth-order valence-electron chi connectivity index (χ4n) is 4.52. The highest BCUT2D eigenvalue weighted by molar-refractivity contribution is 6.74. The van der Waals surface area contributed by atoms with Gasteiger partial charge in [0, 0.05) is 23.1 Å². The number of carbonyl (C=O) groups is 2. The lowest BCUT2D eigenvalue weighted by Crippen LogP contribution is -2.44. The Morgan fingerprint density at radius 3 is 2.29 bits per heavy atom. The van der Waals surface area contributed by atoms with Crippen molar-refractivity contribution >= 4 is 32.2 Å². The Balaban J connectivity index is 2.27. The van der Waals surface area contributed by atoms with Crippen molar-refractivity contribution in [1.82, 2.24) is 0 Å². The summed E-state index contributed by atoms with van der Waals surface area (Å²) in [5.41, 5.74) is 1.74. The predicted molar refractivity (Wildman–Crippen MR) is 148 cm³/mol. The molecule has 1 aromatic carbocycles. The number of alkyl halides is 1. The van der Waals surface area contributed by atoms with Crippen LogP contribution in [0.2, 0.25) is 18.1 Å². The summed E-state index contributed by atoms with van der Waals surface area (Å²) in [4.78, 5) is 22.9. The Morgan fingerprint density at radius 2 is 1.74 bits per heavy atom. The number of benzene rings is 1.